The van der Waals surface area contributed by atoms with Gasteiger partial charge in [-0.05, 0) is 20.8 Å². The average molecular weight is 156 g/mol. The lowest BCUT2D eigenvalue weighted by Crippen LogP contribution is -2.42. The van der Waals surface area contributed by atoms with Gasteiger partial charge in [-0.1, -0.05) is 0 Å². The van der Waals surface area contributed by atoms with Crippen molar-refractivity contribution in [1.82, 2.24) is 5.32 Å². The number of nitriles is 1. The highest BCUT2D eigenvalue weighted by Gasteiger charge is 2.19. The zero-order valence-corrected chi connectivity index (χ0v) is 6.97. The largest absolute Gasteiger partial charge is 0.450 e. The Morgan fingerprint density at radius 2 is 2.27 bits per heavy atom. The summed E-state index contributed by atoms with van der Waals surface area (Å²) in [5, 5.41) is 10.9. The zero-order valence-electron chi connectivity index (χ0n) is 6.97. The van der Waals surface area contributed by atoms with Crippen LogP contribution in [0.1, 0.15) is 20.8 Å². The molecule has 0 aliphatic heterocycles. The molecule has 0 aromatic carbocycles. The Balaban J connectivity index is 3.86. The zero-order chi connectivity index (χ0) is 8.91. The molecule has 0 aliphatic rings. The third-order valence-corrected chi connectivity index (χ3v) is 0.970. The van der Waals surface area contributed by atoms with Crippen LogP contribution in [0.2, 0.25) is 0 Å². The number of carbonyl (C=O) groups is 1. The molecule has 0 unspecified atom stereocenters. The van der Waals surface area contributed by atoms with Crippen molar-refractivity contribution in [3.63, 3.8) is 0 Å². The van der Waals surface area contributed by atoms with Crippen LogP contribution in [0.15, 0.2) is 0 Å². The van der Waals surface area contributed by atoms with Crippen molar-refractivity contribution in [3.8, 4) is 6.07 Å². The fraction of sp³-hybridized carbons (Fsp3) is 0.714. The van der Waals surface area contributed by atoms with Gasteiger partial charge < -0.3 is 10.1 Å². The molecule has 11 heavy (non-hydrogen) atoms. The molecule has 0 bridgehead atoms. The Kier molecular flexibility index (Phi) is 3.38. The van der Waals surface area contributed by atoms with Crippen molar-refractivity contribution >= 4 is 6.09 Å². The highest BCUT2D eigenvalue weighted by Crippen LogP contribution is 1.98. The second kappa shape index (κ2) is 3.81. The van der Waals surface area contributed by atoms with Gasteiger partial charge in [0.25, 0.3) is 0 Å². The normalized spacial score (nSPS) is 10.0. The van der Waals surface area contributed by atoms with Crippen molar-refractivity contribution in [2.75, 3.05) is 6.61 Å². The van der Waals surface area contributed by atoms with E-state index in [2.05, 4.69) is 10.1 Å². The van der Waals surface area contributed by atoms with E-state index in [1.165, 1.54) is 0 Å². The van der Waals surface area contributed by atoms with Crippen molar-refractivity contribution < 1.29 is 9.53 Å². The van der Waals surface area contributed by atoms with E-state index >= 15 is 0 Å². The molecule has 0 saturated heterocycles. The maximum Gasteiger partial charge on any atom is 0.408 e. The van der Waals surface area contributed by atoms with Crippen LogP contribution < -0.4 is 5.32 Å². The van der Waals surface area contributed by atoms with E-state index in [-0.39, 0.29) is 0 Å². The molecule has 0 heterocycles. The van der Waals surface area contributed by atoms with Gasteiger partial charge in [-0.25, -0.2) is 4.79 Å². The molecule has 4 heteroatoms. The van der Waals surface area contributed by atoms with Gasteiger partial charge in [-0.15, -0.1) is 0 Å². The van der Waals surface area contributed by atoms with Gasteiger partial charge in [0.15, 0.2) is 0 Å². The number of nitrogens with one attached hydrogen (secondary N) is 1. The van der Waals surface area contributed by atoms with E-state index in [9.17, 15) is 4.79 Å². The van der Waals surface area contributed by atoms with Crippen molar-refractivity contribution in [2.24, 2.45) is 0 Å². The van der Waals surface area contributed by atoms with Gasteiger partial charge in [0.05, 0.1) is 12.7 Å². The monoisotopic (exact) mass is 156 g/mol. The van der Waals surface area contributed by atoms with E-state index in [0.717, 1.165) is 0 Å². The summed E-state index contributed by atoms with van der Waals surface area (Å²) in [4.78, 5) is 10.7. The molecule has 0 atom stereocenters. The third-order valence-electron chi connectivity index (χ3n) is 0.970. The molecule has 1 N–H and O–H groups in total. The van der Waals surface area contributed by atoms with Crippen molar-refractivity contribution in [3.05, 3.63) is 0 Å². The minimum absolute atomic E-state index is 0.313. The summed E-state index contributed by atoms with van der Waals surface area (Å²) in [5.41, 5.74) is -0.855. The Hall–Kier alpha value is -1.24. The van der Waals surface area contributed by atoms with E-state index < -0.39 is 11.6 Å². The topological polar surface area (TPSA) is 62.1 Å². The van der Waals surface area contributed by atoms with Gasteiger partial charge in [-0.2, -0.15) is 5.26 Å². The Morgan fingerprint density at radius 3 is 2.64 bits per heavy atom. The number of hydrogen-bond donors (Lipinski definition) is 1. The second-order valence-corrected chi connectivity index (χ2v) is 2.58. The smallest absolute Gasteiger partial charge is 0.408 e. The summed E-state index contributed by atoms with van der Waals surface area (Å²) in [6.45, 7) is 5.22. The standard InChI is InChI=1S/C7H12N2O2/c1-4-11-6(10)9-7(2,3)5-8/h4H2,1-3H3,(H,9,10). The Morgan fingerprint density at radius 1 is 1.73 bits per heavy atom. The molecule has 0 spiro atoms. The average Bonchev–Trinajstić information content (AvgIpc) is 1.87. The summed E-state index contributed by atoms with van der Waals surface area (Å²) in [6.07, 6.45) is -0.556. The van der Waals surface area contributed by atoms with Crippen LogP contribution in [-0.4, -0.2) is 18.2 Å². The van der Waals surface area contributed by atoms with Crippen LogP contribution in [0, 0.1) is 11.3 Å². The van der Waals surface area contributed by atoms with Gasteiger partial charge in [0, 0.05) is 0 Å². The molecule has 1 amide bonds. The van der Waals surface area contributed by atoms with E-state index in [0.29, 0.717) is 6.61 Å². The van der Waals surface area contributed by atoms with Crippen molar-refractivity contribution in [2.45, 2.75) is 26.3 Å². The van der Waals surface area contributed by atoms with E-state index in [1.807, 2.05) is 6.07 Å². The molecular formula is C7H12N2O2. The van der Waals surface area contributed by atoms with Crippen LogP contribution in [0.25, 0.3) is 0 Å². The first-order valence-electron chi connectivity index (χ1n) is 3.38. The Bertz CT molecular complexity index is 181. The van der Waals surface area contributed by atoms with Crippen LogP contribution in [0.4, 0.5) is 4.79 Å². The number of carbonyl (C=O) groups excluding carboxylic acids is 1. The van der Waals surface area contributed by atoms with Gasteiger partial charge in [-0.3, -0.25) is 0 Å². The number of nitrogens with zero attached hydrogens (tertiary/aromatic N) is 1. The molecule has 0 aromatic heterocycles. The Labute approximate surface area is 66.1 Å². The highest BCUT2D eigenvalue weighted by molar-refractivity contribution is 5.68. The van der Waals surface area contributed by atoms with E-state index in [4.69, 9.17) is 5.26 Å². The van der Waals surface area contributed by atoms with Gasteiger partial charge in [0.2, 0.25) is 0 Å². The fourth-order valence-electron chi connectivity index (χ4n) is 0.450. The molecule has 0 rings (SSSR count). The second-order valence-electron chi connectivity index (χ2n) is 2.58. The molecule has 4 nitrogen and oxygen atoms in total. The minimum atomic E-state index is -0.855. The van der Waals surface area contributed by atoms with Crippen LogP contribution in [-0.2, 0) is 4.74 Å². The number of hydrogen-bond acceptors (Lipinski definition) is 3. The quantitative estimate of drug-likeness (QED) is 0.649. The number of ether oxygens (including phenoxy) is 1. The van der Waals surface area contributed by atoms with Gasteiger partial charge in [0.1, 0.15) is 5.54 Å². The lowest BCUT2D eigenvalue weighted by atomic mass is 10.1. The summed E-state index contributed by atoms with van der Waals surface area (Å²) in [5.74, 6) is 0. The first-order valence-corrected chi connectivity index (χ1v) is 3.38. The molecule has 0 saturated carbocycles. The summed E-state index contributed by atoms with van der Waals surface area (Å²) >= 11 is 0. The molecule has 0 aliphatic carbocycles. The summed E-state index contributed by atoms with van der Waals surface area (Å²) < 4.78 is 4.58. The highest BCUT2D eigenvalue weighted by atomic mass is 16.5. The van der Waals surface area contributed by atoms with Gasteiger partial charge >= 0.3 is 6.09 Å². The third kappa shape index (κ3) is 4.20. The lowest BCUT2D eigenvalue weighted by molar-refractivity contribution is 0.146. The molecule has 0 fully saturated rings. The SMILES string of the molecule is CCOC(=O)NC(C)(C)C#N. The van der Waals surface area contributed by atoms with E-state index in [1.54, 1.807) is 20.8 Å². The molecular weight excluding hydrogens is 144 g/mol. The predicted octanol–water partition coefficient (Wildman–Crippen LogP) is 1.03. The maximum atomic E-state index is 10.7. The summed E-state index contributed by atoms with van der Waals surface area (Å²) in [7, 11) is 0. The lowest BCUT2D eigenvalue weighted by Gasteiger charge is -2.16. The summed E-state index contributed by atoms with van der Waals surface area (Å²) in [6, 6.07) is 1.92. The van der Waals surface area contributed by atoms with Crippen LogP contribution in [0.5, 0.6) is 0 Å². The first kappa shape index (κ1) is 9.76. The number of alkyl carbamates (subject to hydrolysis) is 1. The fourth-order valence-corrected chi connectivity index (χ4v) is 0.450. The molecule has 62 valence electrons. The first-order chi connectivity index (χ1) is 5.02. The molecule has 0 radical (unpaired) electrons. The molecule has 0 aromatic rings. The maximum absolute atomic E-state index is 10.7. The van der Waals surface area contributed by atoms with Crippen molar-refractivity contribution in [1.29, 1.82) is 5.26 Å². The van der Waals surface area contributed by atoms with Crippen LogP contribution in [0.3, 0.4) is 0 Å². The predicted molar refractivity (Wildman–Crippen MR) is 39.8 cm³/mol. The minimum Gasteiger partial charge on any atom is -0.450 e. The number of amides is 1. The number of rotatable bonds is 2. The van der Waals surface area contributed by atoms with Crippen LogP contribution >= 0.6 is 0 Å².